The van der Waals surface area contributed by atoms with Gasteiger partial charge in [-0.3, -0.25) is 9.69 Å². The van der Waals surface area contributed by atoms with Crippen LogP contribution in [0.4, 0.5) is 0 Å². The van der Waals surface area contributed by atoms with Gasteiger partial charge in [-0.1, -0.05) is 24.3 Å². The van der Waals surface area contributed by atoms with E-state index in [0.717, 1.165) is 54.6 Å². The number of hydrogen-bond donors (Lipinski definition) is 1. The van der Waals surface area contributed by atoms with Crippen LogP contribution in [0.5, 0.6) is 11.5 Å². The number of aromatic nitrogens is 1. The highest BCUT2D eigenvalue weighted by Crippen LogP contribution is 2.33. The molecule has 1 aliphatic heterocycles. The number of rotatable bonds is 9. The van der Waals surface area contributed by atoms with Gasteiger partial charge in [-0.05, 0) is 36.4 Å². The predicted octanol–water partition coefficient (Wildman–Crippen LogP) is 3.43. The van der Waals surface area contributed by atoms with E-state index in [-0.39, 0.29) is 12.3 Å². The van der Waals surface area contributed by atoms with Crippen molar-refractivity contribution in [2.75, 3.05) is 47.4 Å². The summed E-state index contributed by atoms with van der Waals surface area (Å²) in [6.45, 7) is 5.88. The number of amides is 1. The normalized spacial score (nSPS) is 14.7. The highest BCUT2D eigenvalue weighted by Gasteiger charge is 2.14. The summed E-state index contributed by atoms with van der Waals surface area (Å²) in [4.78, 5) is 22.0. The van der Waals surface area contributed by atoms with Crippen LogP contribution in [0.25, 0.3) is 10.6 Å². The van der Waals surface area contributed by atoms with Gasteiger partial charge < -0.3 is 19.7 Å². The third-order valence-corrected chi connectivity index (χ3v) is 6.95. The molecular weight excluding hydrogens is 448 g/mol. The maximum Gasteiger partial charge on any atom is 0.226 e. The molecule has 4 rings (SSSR count). The van der Waals surface area contributed by atoms with Gasteiger partial charge >= 0.3 is 0 Å². The average Bonchev–Trinajstić information content (AvgIpc) is 3.32. The van der Waals surface area contributed by atoms with Gasteiger partial charge in [0, 0.05) is 50.2 Å². The standard InChI is InChI=1S/C26H32N4O3S/c1-29-9-11-30(12-10-29)17-20-6-4-5-19(13-20)16-27-25(31)15-22-18-34-26(28-22)21-7-8-23(32-2)24(14-21)33-3/h4-8,13-14,18H,9-12,15-17H2,1-3H3,(H,27,31). The van der Waals surface area contributed by atoms with E-state index in [1.54, 1.807) is 14.2 Å². The van der Waals surface area contributed by atoms with Crippen LogP contribution in [-0.2, 0) is 24.3 Å². The number of piperazine rings is 1. The second kappa shape index (κ2) is 11.5. The molecule has 1 amide bonds. The first kappa shape index (κ1) is 24.2. The zero-order valence-corrected chi connectivity index (χ0v) is 20.9. The number of nitrogens with zero attached hydrogens (tertiary/aromatic N) is 3. The fourth-order valence-corrected chi connectivity index (χ4v) is 4.84. The van der Waals surface area contributed by atoms with E-state index in [4.69, 9.17) is 9.47 Å². The van der Waals surface area contributed by atoms with Crippen molar-refractivity contribution in [2.45, 2.75) is 19.5 Å². The van der Waals surface area contributed by atoms with Crippen LogP contribution in [0.1, 0.15) is 16.8 Å². The Bertz CT molecular complexity index is 1110. The van der Waals surface area contributed by atoms with Crippen molar-refractivity contribution < 1.29 is 14.3 Å². The lowest BCUT2D eigenvalue weighted by molar-refractivity contribution is -0.120. The topological polar surface area (TPSA) is 66.9 Å². The van der Waals surface area contributed by atoms with Gasteiger partial charge in [0.25, 0.3) is 0 Å². The first-order valence-corrected chi connectivity index (χ1v) is 12.3. The zero-order valence-electron chi connectivity index (χ0n) is 20.0. The Labute approximate surface area is 205 Å². The van der Waals surface area contributed by atoms with Crippen LogP contribution in [0.2, 0.25) is 0 Å². The Morgan fingerprint density at radius 1 is 1.03 bits per heavy atom. The van der Waals surface area contributed by atoms with Crippen molar-refractivity contribution in [3.63, 3.8) is 0 Å². The summed E-state index contributed by atoms with van der Waals surface area (Å²) in [6, 6.07) is 14.2. The molecule has 0 spiro atoms. The number of hydrogen-bond acceptors (Lipinski definition) is 7. The van der Waals surface area contributed by atoms with Crippen molar-refractivity contribution in [3.05, 3.63) is 64.7 Å². The SMILES string of the molecule is COc1ccc(-c2nc(CC(=O)NCc3cccc(CN4CCN(C)CC4)c3)cs2)cc1OC. The van der Waals surface area contributed by atoms with E-state index in [2.05, 4.69) is 51.4 Å². The monoisotopic (exact) mass is 480 g/mol. The molecule has 0 unspecified atom stereocenters. The number of carbonyl (C=O) groups excluding carboxylic acids is 1. The van der Waals surface area contributed by atoms with Gasteiger partial charge in [0.2, 0.25) is 5.91 Å². The molecule has 3 aromatic rings. The van der Waals surface area contributed by atoms with E-state index >= 15 is 0 Å². The molecule has 0 saturated carbocycles. The molecule has 8 heteroatoms. The number of carbonyl (C=O) groups is 1. The van der Waals surface area contributed by atoms with Crippen molar-refractivity contribution >= 4 is 17.2 Å². The van der Waals surface area contributed by atoms with E-state index < -0.39 is 0 Å². The summed E-state index contributed by atoms with van der Waals surface area (Å²) in [6.07, 6.45) is 0.255. The van der Waals surface area contributed by atoms with Crippen LogP contribution in [0.3, 0.4) is 0 Å². The van der Waals surface area contributed by atoms with Crippen molar-refractivity contribution in [3.8, 4) is 22.1 Å². The van der Waals surface area contributed by atoms with Crippen LogP contribution < -0.4 is 14.8 Å². The molecule has 0 atom stereocenters. The van der Waals surface area contributed by atoms with Crippen LogP contribution >= 0.6 is 11.3 Å². The quantitative estimate of drug-likeness (QED) is 0.506. The van der Waals surface area contributed by atoms with Crippen molar-refractivity contribution in [2.24, 2.45) is 0 Å². The Balaban J connectivity index is 1.30. The number of benzene rings is 2. The third kappa shape index (κ3) is 6.34. The van der Waals surface area contributed by atoms with Gasteiger partial charge in [0.1, 0.15) is 5.01 Å². The minimum Gasteiger partial charge on any atom is -0.493 e. The molecule has 2 aromatic carbocycles. The molecule has 0 aliphatic carbocycles. The van der Waals surface area contributed by atoms with Gasteiger partial charge in [-0.2, -0.15) is 0 Å². The molecule has 1 saturated heterocycles. The number of nitrogens with one attached hydrogen (secondary N) is 1. The molecule has 180 valence electrons. The minimum absolute atomic E-state index is 0.0337. The predicted molar refractivity (Wildman–Crippen MR) is 135 cm³/mol. The third-order valence-electron chi connectivity index (χ3n) is 6.01. The number of thiazole rings is 1. The van der Waals surface area contributed by atoms with Crippen molar-refractivity contribution in [1.29, 1.82) is 0 Å². The van der Waals surface area contributed by atoms with E-state index in [9.17, 15) is 4.79 Å². The summed E-state index contributed by atoms with van der Waals surface area (Å²) in [7, 11) is 5.39. The second-order valence-corrected chi connectivity index (χ2v) is 9.42. The van der Waals surface area contributed by atoms with Gasteiger partial charge in [0.05, 0.1) is 26.3 Å². The molecule has 0 bridgehead atoms. The van der Waals surface area contributed by atoms with Gasteiger partial charge in [-0.25, -0.2) is 4.98 Å². The molecule has 2 heterocycles. The highest BCUT2D eigenvalue weighted by molar-refractivity contribution is 7.13. The van der Waals surface area contributed by atoms with Gasteiger partial charge in [-0.15, -0.1) is 11.3 Å². The lowest BCUT2D eigenvalue weighted by Gasteiger charge is -2.32. The highest BCUT2D eigenvalue weighted by atomic mass is 32.1. The molecule has 0 radical (unpaired) electrons. The average molecular weight is 481 g/mol. The Kier molecular flexibility index (Phi) is 8.16. The number of likely N-dealkylation sites (N-methyl/N-ethyl adjacent to an activating group) is 1. The Hall–Kier alpha value is -2.94. The zero-order chi connectivity index (χ0) is 23.9. The maximum atomic E-state index is 12.6. The Morgan fingerprint density at radius 2 is 1.79 bits per heavy atom. The summed E-state index contributed by atoms with van der Waals surface area (Å²) < 4.78 is 10.7. The van der Waals surface area contributed by atoms with E-state index in [1.807, 2.05) is 23.6 Å². The van der Waals surface area contributed by atoms with Crippen LogP contribution in [-0.4, -0.2) is 68.1 Å². The molecule has 34 heavy (non-hydrogen) atoms. The summed E-state index contributed by atoms with van der Waals surface area (Å²) in [5.74, 6) is 1.30. The maximum absolute atomic E-state index is 12.6. The molecule has 1 aliphatic rings. The van der Waals surface area contributed by atoms with Crippen LogP contribution in [0.15, 0.2) is 47.8 Å². The molecule has 1 fully saturated rings. The molecular formula is C26H32N4O3S. The second-order valence-electron chi connectivity index (χ2n) is 8.57. The Morgan fingerprint density at radius 3 is 2.56 bits per heavy atom. The van der Waals surface area contributed by atoms with Crippen molar-refractivity contribution in [1.82, 2.24) is 20.1 Å². The molecule has 1 aromatic heterocycles. The van der Waals surface area contributed by atoms with Gasteiger partial charge in [0.15, 0.2) is 11.5 Å². The first-order valence-electron chi connectivity index (χ1n) is 11.5. The first-order chi connectivity index (χ1) is 16.5. The summed E-state index contributed by atoms with van der Waals surface area (Å²) in [5, 5.41) is 5.82. The van der Waals surface area contributed by atoms with E-state index in [0.29, 0.717) is 18.0 Å². The fourth-order valence-electron chi connectivity index (χ4n) is 4.02. The molecule has 1 N–H and O–H groups in total. The van der Waals surface area contributed by atoms with Crippen LogP contribution in [0, 0.1) is 0 Å². The summed E-state index contributed by atoms with van der Waals surface area (Å²) in [5.41, 5.74) is 4.10. The largest absolute Gasteiger partial charge is 0.493 e. The summed E-state index contributed by atoms with van der Waals surface area (Å²) >= 11 is 1.52. The number of ether oxygens (including phenoxy) is 2. The number of methoxy groups -OCH3 is 2. The lowest BCUT2D eigenvalue weighted by atomic mass is 10.1. The smallest absolute Gasteiger partial charge is 0.226 e. The van der Waals surface area contributed by atoms with E-state index in [1.165, 1.54) is 16.9 Å². The fraction of sp³-hybridized carbons (Fsp3) is 0.385. The molecule has 7 nitrogen and oxygen atoms in total. The lowest BCUT2D eigenvalue weighted by Crippen LogP contribution is -2.43. The minimum atomic E-state index is -0.0337.